The molecule has 0 amide bonds. The third kappa shape index (κ3) is 2.41. The van der Waals surface area contributed by atoms with Crippen LogP contribution in [0.5, 0.6) is 0 Å². The molecule has 0 aliphatic carbocycles. The largest absolute Gasteiger partial charge is 0.468 e. The molecule has 0 spiro atoms. The molecule has 1 saturated heterocycles. The molecule has 0 aromatic carbocycles. The van der Waals surface area contributed by atoms with Crippen molar-refractivity contribution in [2.24, 2.45) is 0 Å². The van der Waals surface area contributed by atoms with Crippen molar-refractivity contribution >= 4 is 0 Å². The van der Waals surface area contributed by atoms with Gasteiger partial charge in [0.05, 0.1) is 12.3 Å². The lowest BCUT2D eigenvalue weighted by Crippen LogP contribution is -2.54. The van der Waals surface area contributed by atoms with Crippen LogP contribution < -0.4 is 5.32 Å². The molecule has 1 aliphatic rings. The van der Waals surface area contributed by atoms with Crippen molar-refractivity contribution in [1.29, 1.82) is 0 Å². The Morgan fingerprint density at radius 3 is 2.60 bits per heavy atom. The van der Waals surface area contributed by atoms with Gasteiger partial charge in [0.2, 0.25) is 0 Å². The second-order valence-corrected chi connectivity index (χ2v) is 4.61. The van der Waals surface area contributed by atoms with Gasteiger partial charge in [-0.25, -0.2) is 0 Å². The normalized spacial score (nSPS) is 30.3. The van der Waals surface area contributed by atoms with Crippen molar-refractivity contribution in [3.05, 3.63) is 24.2 Å². The monoisotopic (exact) mass is 208 g/mol. The summed E-state index contributed by atoms with van der Waals surface area (Å²) in [6.07, 6.45) is 1.75. The molecule has 0 bridgehead atoms. The van der Waals surface area contributed by atoms with Gasteiger partial charge in [-0.1, -0.05) is 0 Å². The molecule has 2 rings (SSSR count). The molecule has 2 heterocycles. The Morgan fingerprint density at radius 2 is 2.07 bits per heavy atom. The molecule has 1 aliphatic heterocycles. The number of nitrogens with zero attached hydrogens (tertiary/aromatic N) is 1. The zero-order chi connectivity index (χ0) is 10.8. The highest BCUT2D eigenvalue weighted by Gasteiger charge is 2.26. The first-order valence-electron chi connectivity index (χ1n) is 5.70. The van der Waals surface area contributed by atoms with Gasteiger partial charge >= 0.3 is 0 Å². The summed E-state index contributed by atoms with van der Waals surface area (Å²) in [5.41, 5.74) is 0. The Hall–Kier alpha value is -0.800. The SMILES string of the molecule is CC1CN(C(C)c2ccco2)CC(C)N1. The highest BCUT2D eigenvalue weighted by atomic mass is 16.3. The summed E-state index contributed by atoms with van der Waals surface area (Å²) in [5.74, 6) is 1.07. The quantitative estimate of drug-likeness (QED) is 0.806. The summed E-state index contributed by atoms with van der Waals surface area (Å²) in [6.45, 7) is 8.86. The Labute approximate surface area is 91.4 Å². The van der Waals surface area contributed by atoms with E-state index in [4.69, 9.17) is 4.42 Å². The fourth-order valence-electron chi connectivity index (χ4n) is 2.39. The summed E-state index contributed by atoms with van der Waals surface area (Å²) in [7, 11) is 0. The van der Waals surface area contributed by atoms with Gasteiger partial charge in [-0.15, -0.1) is 0 Å². The molecular formula is C12H20N2O. The summed E-state index contributed by atoms with van der Waals surface area (Å²) in [5, 5.41) is 3.54. The van der Waals surface area contributed by atoms with Gasteiger partial charge in [0.15, 0.2) is 0 Å². The molecule has 0 radical (unpaired) electrons. The van der Waals surface area contributed by atoms with Gasteiger partial charge in [-0.3, -0.25) is 4.90 Å². The minimum Gasteiger partial charge on any atom is -0.468 e. The van der Waals surface area contributed by atoms with E-state index in [1.807, 2.05) is 6.07 Å². The Kier molecular flexibility index (Phi) is 3.12. The molecule has 1 fully saturated rings. The number of rotatable bonds is 2. The molecule has 3 unspecified atom stereocenters. The van der Waals surface area contributed by atoms with E-state index in [1.54, 1.807) is 6.26 Å². The van der Waals surface area contributed by atoms with Gasteiger partial charge in [-0.05, 0) is 32.9 Å². The van der Waals surface area contributed by atoms with Crippen LogP contribution in [0, 0.1) is 0 Å². The van der Waals surface area contributed by atoms with Crippen molar-refractivity contribution in [3.63, 3.8) is 0 Å². The molecule has 84 valence electrons. The van der Waals surface area contributed by atoms with Gasteiger partial charge in [0.1, 0.15) is 5.76 Å². The van der Waals surface area contributed by atoms with Crippen molar-refractivity contribution in [1.82, 2.24) is 10.2 Å². The first-order chi connectivity index (χ1) is 7.16. The van der Waals surface area contributed by atoms with Crippen LogP contribution in [-0.4, -0.2) is 30.1 Å². The summed E-state index contributed by atoms with van der Waals surface area (Å²) >= 11 is 0. The highest BCUT2D eigenvalue weighted by molar-refractivity contribution is 5.04. The van der Waals surface area contributed by atoms with Crippen LogP contribution in [0.3, 0.4) is 0 Å². The number of nitrogens with one attached hydrogen (secondary N) is 1. The average molecular weight is 208 g/mol. The average Bonchev–Trinajstić information content (AvgIpc) is 2.67. The van der Waals surface area contributed by atoms with E-state index in [0.29, 0.717) is 18.1 Å². The Morgan fingerprint density at radius 1 is 1.40 bits per heavy atom. The minimum atomic E-state index is 0.381. The first kappa shape index (κ1) is 10.7. The van der Waals surface area contributed by atoms with Gasteiger partial charge < -0.3 is 9.73 Å². The molecule has 3 nitrogen and oxygen atoms in total. The van der Waals surface area contributed by atoms with Crippen molar-refractivity contribution in [2.75, 3.05) is 13.1 Å². The molecule has 1 N–H and O–H groups in total. The van der Waals surface area contributed by atoms with Crippen LogP contribution in [0.4, 0.5) is 0 Å². The maximum Gasteiger partial charge on any atom is 0.120 e. The fraction of sp³-hybridized carbons (Fsp3) is 0.667. The van der Waals surface area contributed by atoms with Crippen molar-refractivity contribution in [2.45, 2.75) is 38.9 Å². The molecule has 15 heavy (non-hydrogen) atoms. The minimum absolute atomic E-state index is 0.381. The lowest BCUT2D eigenvalue weighted by Gasteiger charge is -2.38. The molecular weight excluding hydrogens is 188 g/mol. The maximum atomic E-state index is 5.46. The maximum absolute atomic E-state index is 5.46. The van der Waals surface area contributed by atoms with Crippen LogP contribution in [0.15, 0.2) is 22.8 Å². The second kappa shape index (κ2) is 4.37. The first-order valence-corrected chi connectivity index (χ1v) is 5.70. The highest BCUT2D eigenvalue weighted by Crippen LogP contribution is 2.22. The van der Waals surface area contributed by atoms with Crippen LogP contribution in [0.25, 0.3) is 0 Å². The van der Waals surface area contributed by atoms with Gasteiger partial charge in [-0.2, -0.15) is 0 Å². The topological polar surface area (TPSA) is 28.4 Å². The van der Waals surface area contributed by atoms with E-state index in [0.717, 1.165) is 18.8 Å². The lowest BCUT2D eigenvalue weighted by atomic mass is 10.1. The van der Waals surface area contributed by atoms with Crippen LogP contribution in [0.2, 0.25) is 0 Å². The third-order valence-electron chi connectivity index (χ3n) is 3.09. The van der Waals surface area contributed by atoms with Crippen LogP contribution >= 0.6 is 0 Å². The smallest absolute Gasteiger partial charge is 0.120 e. The number of hydrogen-bond acceptors (Lipinski definition) is 3. The van der Waals surface area contributed by atoms with E-state index < -0.39 is 0 Å². The number of hydrogen-bond donors (Lipinski definition) is 1. The van der Waals surface area contributed by atoms with Gasteiger partial charge in [0, 0.05) is 25.2 Å². The number of piperazine rings is 1. The standard InChI is InChI=1S/C12H20N2O/c1-9-7-14(8-10(2)13-9)11(3)12-5-4-6-15-12/h4-6,9-11,13H,7-8H2,1-3H3. The van der Waals surface area contributed by atoms with E-state index in [9.17, 15) is 0 Å². The Balaban J connectivity index is 2.03. The molecule has 1 aromatic rings. The second-order valence-electron chi connectivity index (χ2n) is 4.61. The van der Waals surface area contributed by atoms with Crippen molar-refractivity contribution < 1.29 is 4.42 Å². The van der Waals surface area contributed by atoms with E-state index in [1.165, 1.54) is 0 Å². The predicted molar refractivity (Wildman–Crippen MR) is 60.8 cm³/mol. The summed E-state index contributed by atoms with van der Waals surface area (Å²) in [6, 6.07) is 5.52. The lowest BCUT2D eigenvalue weighted by molar-refractivity contribution is 0.119. The third-order valence-corrected chi connectivity index (χ3v) is 3.09. The number of furan rings is 1. The zero-order valence-electron chi connectivity index (χ0n) is 9.73. The van der Waals surface area contributed by atoms with Crippen LogP contribution in [-0.2, 0) is 0 Å². The summed E-state index contributed by atoms with van der Waals surface area (Å²) < 4.78 is 5.46. The predicted octanol–water partition coefficient (Wildman–Crippen LogP) is 2.02. The Bertz CT molecular complexity index is 287. The van der Waals surface area contributed by atoms with E-state index in [2.05, 4.69) is 37.1 Å². The molecule has 0 saturated carbocycles. The van der Waals surface area contributed by atoms with Gasteiger partial charge in [0.25, 0.3) is 0 Å². The van der Waals surface area contributed by atoms with Crippen molar-refractivity contribution in [3.8, 4) is 0 Å². The van der Waals surface area contributed by atoms with Crippen LogP contribution in [0.1, 0.15) is 32.6 Å². The molecule has 3 heteroatoms. The zero-order valence-corrected chi connectivity index (χ0v) is 9.73. The molecule has 3 atom stereocenters. The fourth-order valence-corrected chi connectivity index (χ4v) is 2.39. The van der Waals surface area contributed by atoms with E-state index in [-0.39, 0.29) is 0 Å². The molecule has 1 aromatic heterocycles. The summed E-state index contributed by atoms with van der Waals surface area (Å²) in [4.78, 5) is 2.48. The van der Waals surface area contributed by atoms with E-state index >= 15 is 0 Å².